The Balaban J connectivity index is 1.88. The molecule has 0 aliphatic rings. The van der Waals surface area contributed by atoms with Gasteiger partial charge < -0.3 is 16.5 Å². The van der Waals surface area contributed by atoms with Crippen LogP contribution in [0.5, 0.6) is 0 Å². The van der Waals surface area contributed by atoms with Crippen LogP contribution in [-0.4, -0.2) is 26.9 Å². The Morgan fingerprint density at radius 3 is 2.62 bits per heavy atom. The van der Waals surface area contributed by atoms with Crippen LogP contribution in [0.15, 0.2) is 59.7 Å². The van der Waals surface area contributed by atoms with E-state index in [0.29, 0.717) is 11.1 Å². The van der Waals surface area contributed by atoms with E-state index in [1.54, 1.807) is 4.57 Å². The molecule has 0 saturated carbocycles. The summed E-state index contributed by atoms with van der Waals surface area (Å²) < 4.78 is 14.9. The van der Waals surface area contributed by atoms with Crippen molar-refractivity contribution >= 4 is 28.1 Å². The minimum atomic E-state index is -0.991. The molecule has 2 aromatic heterocycles. The second-order valence-corrected chi connectivity index (χ2v) is 7.55. The smallest absolute Gasteiger partial charge is 0.263 e. The molecule has 0 aliphatic carbocycles. The predicted molar refractivity (Wildman–Crippen MR) is 126 cm³/mol. The second kappa shape index (κ2) is 8.58. The van der Waals surface area contributed by atoms with Gasteiger partial charge >= 0.3 is 0 Å². The first kappa shape index (κ1) is 21.2. The predicted octanol–water partition coefficient (Wildman–Crippen LogP) is 3.93. The number of hydrogen-bond acceptors (Lipinski definition) is 6. The summed E-state index contributed by atoms with van der Waals surface area (Å²) in [5.41, 5.74) is 8.88. The fourth-order valence-electron chi connectivity index (χ4n) is 3.87. The highest BCUT2D eigenvalue weighted by molar-refractivity contribution is 6.06. The van der Waals surface area contributed by atoms with Crippen molar-refractivity contribution in [2.75, 3.05) is 17.7 Å². The number of pyridine rings is 1. The summed E-state index contributed by atoms with van der Waals surface area (Å²) in [6.45, 7) is 3.08. The van der Waals surface area contributed by atoms with Crippen molar-refractivity contribution in [1.29, 1.82) is 5.41 Å². The highest BCUT2D eigenvalue weighted by atomic mass is 19.1. The molecule has 0 bridgehead atoms. The third-order valence-corrected chi connectivity index (χ3v) is 5.44. The van der Waals surface area contributed by atoms with Gasteiger partial charge in [-0.15, -0.1) is 0 Å². The van der Waals surface area contributed by atoms with E-state index >= 15 is 0 Å². The normalized spacial score (nSPS) is 11.0. The van der Waals surface area contributed by atoms with Crippen molar-refractivity contribution in [2.45, 2.75) is 20.4 Å². The lowest BCUT2D eigenvalue weighted by Gasteiger charge is -2.19. The van der Waals surface area contributed by atoms with Crippen molar-refractivity contribution in [1.82, 2.24) is 14.5 Å². The molecule has 0 fully saturated rings. The third kappa shape index (κ3) is 3.71. The standard InChI is InChI=1S/C24H23FN6O/c1-14-6-3-4-9-19(14)31-17(10-16-8-5-7-15(2)20(16)24(31)32)12-28-23-21(18(26)11-25)22(27)29-13-30-23/h3-10,13,26H,11-12H2,1-2H3,(H3,27,28,29,30). The number of nitrogen functional groups attached to an aromatic ring is 1. The van der Waals surface area contributed by atoms with Gasteiger partial charge in [0, 0.05) is 5.69 Å². The average Bonchev–Trinajstić information content (AvgIpc) is 2.78. The summed E-state index contributed by atoms with van der Waals surface area (Å²) in [6.07, 6.45) is 1.25. The highest BCUT2D eigenvalue weighted by Gasteiger charge is 2.17. The van der Waals surface area contributed by atoms with Crippen LogP contribution in [0.1, 0.15) is 22.4 Å². The molecular weight excluding hydrogens is 407 g/mol. The number of para-hydroxylation sites is 1. The van der Waals surface area contributed by atoms with E-state index in [9.17, 15) is 9.18 Å². The molecule has 0 unspecified atom stereocenters. The van der Waals surface area contributed by atoms with Gasteiger partial charge in [-0.05, 0) is 42.5 Å². The molecule has 0 amide bonds. The molecule has 162 valence electrons. The quantitative estimate of drug-likeness (QED) is 0.402. The van der Waals surface area contributed by atoms with E-state index in [4.69, 9.17) is 11.1 Å². The van der Waals surface area contributed by atoms with E-state index < -0.39 is 6.67 Å². The summed E-state index contributed by atoms with van der Waals surface area (Å²) in [4.78, 5) is 21.6. The zero-order valence-corrected chi connectivity index (χ0v) is 17.8. The molecule has 32 heavy (non-hydrogen) atoms. The average molecular weight is 430 g/mol. The molecule has 0 aliphatic heterocycles. The molecule has 7 nitrogen and oxygen atoms in total. The molecule has 2 aromatic carbocycles. The van der Waals surface area contributed by atoms with Gasteiger partial charge in [-0.25, -0.2) is 14.4 Å². The topological polar surface area (TPSA) is 110 Å². The van der Waals surface area contributed by atoms with Crippen LogP contribution < -0.4 is 16.6 Å². The molecule has 0 spiro atoms. The summed E-state index contributed by atoms with van der Waals surface area (Å²) in [6, 6.07) is 15.4. The lowest BCUT2D eigenvalue weighted by molar-refractivity contribution is 0.580. The number of nitrogens with zero attached hydrogens (tertiary/aromatic N) is 3. The number of hydrogen-bond donors (Lipinski definition) is 3. The van der Waals surface area contributed by atoms with Gasteiger partial charge in [0.2, 0.25) is 0 Å². The number of aryl methyl sites for hydroxylation is 2. The zero-order chi connectivity index (χ0) is 22.8. The van der Waals surface area contributed by atoms with Crippen molar-refractivity contribution in [3.63, 3.8) is 0 Å². The van der Waals surface area contributed by atoms with Gasteiger partial charge in [0.15, 0.2) is 0 Å². The summed E-state index contributed by atoms with van der Waals surface area (Å²) in [5.74, 6) is 0.267. The summed E-state index contributed by atoms with van der Waals surface area (Å²) >= 11 is 0. The van der Waals surface area contributed by atoms with E-state index in [2.05, 4.69) is 15.3 Å². The SMILES string of the molecule is Cc1ccccc1-n1c(CNc2ncnc(N)c2C(=N)CF)cc2cccc(C)c2c1=O. The molecule has 0 radical (unpaired) electrons. The number of aromatic nitrogens is 3. The van der Waals surface area contributed by atoms with Crippen LogP contribution in [-0.2, 0) is 6.54 Å². The van der Waals surface area contributed by atoms with Gasteiger partial charge in [0.25, 0.3) is 5.56 Å². The molecular formula is C24H23FN6O. The molecule has 4 rings (SSSR count). The molecule has 4 aromatic rings. The summed E-state index contributed by atoms with van der Waals surface area (Å²) in [7, 11) is 0. The Morgan fingerprint density at radius 2 is 1.88 bits per heavy atom. The highest BCUT2D eigenvalue weighted by Crippen LogP contribution is 2.23. The fraction of sp³-hybridized carbons (Fsp3) is 0.167. The Hall–Kier alpha value is -4.07. The number of nitrogens with one attached hydrogen (secondary N) is 2. The minimum Gasteiger partial charge on any atom is -0.383 e. The Bertz CT molecular complexity index is 1400. The minimum absolute atomic E-state index is 0.0237. The van der Waals surface area contributed by atoms with Crippen LogP contribution >= 0.6 is 0 Å². The molecule has 0 saturated heterocycles. The first-order valence-corrected chi connectivity index (χ1v) is 10.1. The van der Waals surface area contributed by atoms with Gasteiger partial charge in [-0.3, -0.25) is 9.36 Å². The lowest BCUT2D eigenvalue weighted by atomic mass is 10.1. The van der Waals surface area contributed by atoms with E-state index in [-0.39, 0.29) is 35.0 Å². The molecule has 2 heterocycles. The van der Waals surface area contributed by atoms with Gasteiger partial charge in [-0.2, -0.15) is 0 Å². The maximum atomic E-state index is 13.6. The van der Waals surface area contributed by atoms with Crippen LogP contribution in [0, 0.1) is 19.3 Å². The Morgan fingerprint density at radius 1 is 1.12 bits per heavy atom. The molecule has 8 heteroatoms. The third-order valence-electron chi connectivity index (χ3n) is 5.44. The van der Waals surface area contributed by atoms with Crippen molar-refractivity contribution < 1.29 is 4.39 Å². The largest absolute Gasteiger partial charge is 0.383 e. The van der Waals surface area contributed by atoms with Crippen molar-refractivity contribution in [3.05, 3.63) is 87.6 Å². The van der Waals surface area contributed by atoms with Crippen LogP contribution in [0.2, 0.25) is 0 Å². The number of halogens is 1. The number of alkyl halides is 1. The first-order valence-electron chi connectivity index (χ1n) is 10.1. The number of anilines is 2. The number of rotatable bonds is 6. The van der Waals surface area contributed by atoms with Crippen molar-refractivity contribution in [3.8, 4) is 5.69 Å². The van der Waals surface area contributed by atoms with E-state index in [1.807, 2.05) is 62.4 Å². The van der Waals surface area contributed by atoms with Crippen molar-refractivity contribution in [2.24, 2.45) is 0 Å². The first-order chi connectivity index (χ1) is 15.4. The van der Waals surface area contributed by atoms with Gasteiger partial charge in [0.05, 0.1) is 28.9 Å². The van der Waals surface area contributed by atoms with Gasteiger partial charge in [0.1, 0.15) is 24.6 Å². The van der Waals surface area contributed by atoms with Gasteiger partial charge in [-0.1, -0.05) is 36.4 Å². The number of benzene rings is 2. The van der Waals surface area contributed by atoms with E-state index in [1.165, 1.54) is 6.33 Å². The number of nitrogens with two attached hydrogens (primary N) is 1. The second-order valence-electron chi connectivity index (χ2n) is 7.55. The van der Waals surface area contributed by atoms with Crippen LogP contribution in [0.25, 0.3) is 16.5 Å². The molecule has 0 atom stereocenters. The monoisotopic (exact) mass is 430 g/mol. The zero-order valence-electron chi connectivity index (χ0n) is 17.8. The molecule has 4 N–H and O–H groups in total. The fourth-order valence-corrected chi connectivity index (χ4v) is 3.87. The number of fused-ring (bicyclic) bond motifs is 1. The summed E-state index contributed by atoms with van der Waals surface area (Å²) in [5, 5.41) is 12.5. The Kier molecular flexibility index (Phi) is 5.68. The van der Waals surface area contributed by atoms with Crippen LogP contribution in [0.4, 0.5) is 16.0 Å². The lowest BCUT2D eigenvalue weighted by Crippen LogP contribution is -2.25. The maximum Gasteiger partial charge on any atom is 0.263 e. The van der Waals surface area contributed by atoms with E-state index in [0.717, 1.165) is 22.2 Å². The van der Waals surface area contributed by atoms with Crippen LogP contribution in [0.3, 0.4) is 0 Å². The maximum absolute atomic E-state index is 13.6. The Labute approximate surface area is 184 Å².